The molecule has 1 amide bonds. The van der Waals surface area contributed by atoms with E-state index in [1.807, 2.05) is 6.92 Å². The Bertz CT molecular complexity index is 604. The fraction of sp³-hybridized carbons (Fsp3) is 0.417. The van der Waals surface area contributed by atoms with E-state index in [1.165, 1.54) is 6.07 Å². The van der Waals surface area contributed by atoms with Gasteiger partial charge in [-0.25, -0.2) is 8.42 Å². The highest BCUT2D eigenvalue weighted by atomic mass is 79.9. The predicted octanol–water partition coefficient (Wildman–Crippen LogP) is 2.59. The number of hydrogen-bond acceptors (Lipinski definition) is 4. The van der Waals surface area contributed by atoms with E-state index in [9.17, 15) is 13.2 Å². The first-order valence-corrected chi connectivity index (χ1v) is 9.00. The van der Waals surface area contributed by atoms with Crippen LogP contribution in [0.5, 0.6) is 5.75 Å². The minimum atomic E-state index is -3.96. The van der Waals surface area contributed by atoms with Crippen LogP contribution in [0.4, 0.5) is 0 Å². The van der Waals surface area contributed by atoms with Crippen LogP contribution in [-0.2, 0) is 13.8 Å². The van der Waals surface area contributed by atoms with E-state index in [0.717, 1.165) is 6.42 Å². The summed E-state index contributed by atoms with van der Waals surface area (Å²) in [5.41, 5.74) is 0.571. The quantitative estimate of drug-likeness (QED) is 0.765. The normalized spacial score (nSPS) is 11.2. The van der Waals surface area contributed by atoms with Crippen molar-refractivity contribution in [3.8, 4) is 5.75 Å². The Balaban J connectivity index is 2.97. The first-order chi connectivity index (χ1) is 9.25. The summed E-state index contributed by atoms with van der Waals surface area (Å²) in [6, 6.07) is 3.03. The number of halogens is 2. The van der Waals surface area contributed by atoms with Crippen LogP contribution in [0.3, 0.4) is 0 Å². The molecule has 0 aliphatic carbocycles. The van der Waals surface area contributed by atoms with Gasteiger partial charge in [-0.05, 0) is 31.0 Å². The lowest BCUT2D eigenvalue weighted by atomic mass is 10.2. The summed E-state index contributed by atoms with van der Waals surface area (Å²) in [7, 11) is 1.42. The van der Waals surface area contributed by atoms with Crippen LogP contribution in [0.15, 0.2) is 21.5 Å². The summed E-state index contributed by atoms with van der Waals surface area (Å²) in [4.78, 5) is 11.3. The molecular formula is C12H15BrClNO4S. The SMILES string of the molecule is CCCNC(=O)COc1c(C)cc(Br)cc1S(=O)(=O)Cl. The van der Waals surface area contributed by atoms with Crippen LogP contribution in [-0.4, -0.2) is 27.5 Å². The van der Waals surface area contributed by atoms with Gasteiger partial charge in [0.15, 0.2) is 6.61 Å². The zero-order valence-electron chi connectivity index (χ0n) is 11.1. The molecule has 0 aromatic heterocycles. The molecule has 1 N–H and O–H groups in total. The number of hydrogen-bond donors (Lipinski definition) is 1. The summed E-state index contributed by atoms with van der Waals surface area (Å²) < 4.78 is 29.0. The van der Waals surface area contributed by atoms with Crippen LogP contribution in [0.1, 0.15) is 18.9 Å². The standard InChI is InChI=1S/C12H15BrClNO4S/c1-3-4-15-11(16)7-19-12-8(2)5-9(13)6-10(12)20(14,17)18/h5-6H,3-4,7H2,1-2H3,(H,15,16). The topological polar surface area (TPSA) is 72.5 Å². The van der Waals surface area contributed by atoms with Gasteiger partial charge in [-0.1, -0.05) is 22.9 Å². The number of carbonyl (C=O) groups excluding carboxylic acids is 1. The van der Waals surface area contributed by atoms with Gasteiger partial charge in [0, 0.05) is 21.7 Å². The van der Waals surface area contributed by atoms with E-state index < -0.39 is 9.05 Å². The molecule has 0 bridgehead atoms. The molecule has 0 aliphatic rings. The number of nitrogens with one attached hydrogen (secondary N) is 1. The van der Waals surface area contributed by atoms with E-state index in [1.54, 1.807) is 13.0 Å². The molecule has 0 atom stereocenters. The molecule has 1 rings (SSSR count). The molecule has 0 fully saturated rings. The van der Waals surface area contributed by atoms with Crippen molar-refractivity contribution in [2.24, 2.45) is 0 Å². The van der Waals surface area contributed by atoms with Crippen molar-refractivity contribution in [1.29, 1.82) is 0 Å². The summed E-state index contributed by atoms with van der Waals surface area (Å²) in [6.45, 7) is 3.89. The zero-order valence-corrected chi connectivity index (χ0v) is 14.2. The van der Waals surface area contributed by atoms with Crippen molar-refractivity contribution < 1.29 is 17.9 Å². The average Bonchev–Trinajstić information content (AvgIpc) is 2.33. The molecule has 0 spiro atoms. The number of aryl methyl sites for hydroxylation is 1. The lowest BCUT2D eigenvalue weighted by Crippen LogP contribution is -2.29. The molecule has 0 unspecified atom stereocenters. The fourth-order valence-corrected chi connectivity index (χ4v) is 3.30. The maximum absolute atomic E-state index is 11.5. The molecule has 1 aromatic carbocycles. The molecule has 0 saturated heterocycles. The second-order valence-corrected chi connectivity index (χ2v) is 7.58. The summed E-state index contributed by atoms with van der Waals surface area (Å²) in [5.74, 6) is -0.220. The smallest absolute Gasteiger partial charge is 0.265 e. The first-order valence-electron chi connectivity index (χ1n) is 5.90. The second-order valence-electron chi connectivity index (χ2n) is 4.13. The number of rotatable bonds is 6. The third-order valence-electron chi connectivity index (χ3n) is 2.39. The van der Waals surface area contributed by atoms with Gasteiger partial charge in [0.05, 0.1) is 0 Å². The van der Waals surface area contributed by atoms with Gasteiger partial charge < -0.3 is 10.1 Å². The van der Waals surface area contributed by atoms with Gasteiger partial charge in [-0.2, -0.15) is 0 Å². The van der Waals surface area contributed by atoms with Gasteiger partial charge in [-0.3, -0.25) is 4.79 Å². The summed E-state index contributed by atoms with van der Waals surface area (Å²) in [5, 5.41) is 2.64. The molecule has 8 heteroatoms. The average molecular weight is 385 g/mol. The van der Waals surface area contributed by atoms with Crippen LogP contribution in [0.25, 0.3) is 0 Å². The van der Waals surface area contributed by atoms with Crippen molar-refractivity contribution >= 4 is 41.6 Å². The number of amides is 1. The van der Waals surface area contributed by atoms with Crippen molar-refractivity contribution in [3.63, 3.8) is 0 Å². The third kappa shape index (κ3) is 4.96. The number of benzene rings is 1. The van der Waals surface area contributed by atoms with E-state index in [-0.39, 0.29) is 23.2 Å². The summed E-state index contributed by atoms with van der Waals surface area (Å²) >= 11 is 3.20. The molecule has 20 heavy (non-hydrogen) atoms. The van der Waals surface area contributed by atoms with Gasteiger partial charge in [0.1, 0.15) is 10.6 Å². The molecule has 0 heterocycles. The Morgan fingerprint density at radius 3 is 2.65 bits per heavy atom. The fourth-order valence-electron chi connectivity index (χ4n) is 1.52. The summed E-state index contributed by atoms with van der Waals surface area (Å²) in [6.07, 6.45) is 0.810. The maximum atomic E-state index is 11.5. The van der Waals surface area contributed by atoms with E-state index in [0.29, 0.717) is 16.6 Å². The lowest BCUT2D eigenvalue weighted by molar-refractivity contribution is -0.123. The van der Waals surface area contributed by atoms with E-state index in [4.69, 9.17) is 15.4 Å². The Labute approximate surface area is 131 Å². The minimum absolute atomic E-state index is 0.0925. The van der Waals surface area contributed by atoms with Gasteiger partial charge in [0.2, 0.25) is 0 Å². The molecule has 0 radical (unpaired) electrons. The van der Waals surface area contributed by atoms with Crippen LogP contribution in [0.2, 0.25) is 0 Å². The third-order valence-corrected chi connectivity index (χ3v) is 4.17. The van der Waals surface area contributed by atoms with Gasteiger partial charge in [0.25, 0.3) is 15.0 Å². The Morgan fingerprint density at radius 1 is 1.45 bits per heavy atom. The monoisotopic (exact) mass is 383 g/mol. The Kier molecular flexibility index (Phi) is 6.29. The second kappa shape index (κ2) is 7.28. The molecule has 1 aromatic rings. The molecular weight excluding hydrogens is 370 g/mol. The Hall–Kier alpha value is -0.790. The van der Waals surface area contributed by atoms with Gasteiger partial charge in [-0.15, -0.1) is 0 Å². The number of ether oxygens (including phenoxy) is 1. The zero-order chi connectivity index (χ0) is 15.3. The molecule has 0 saturated carbocycles. The first kappa shape index (κ1) is 17.3. The minimum Gasteiger partial charge on any atom is -0.482 e. The lowest BCUT2D eigenvalue weighted by Gasteiger charge is -2.13. The molecule has 112 valence electrons. The van der Waals surface area contributed by atoms with Crippen LogP contribution < -0.4 is 10.1 Å². The van der Waals surface area contributed by atoms with Crippen LogP contribution >= 0.6 is 26.6 Å². The van der Waals surface area contributed by atoms with Crippen molar-refractivity contribution in [1.82, 2.24) is 5.32 Å². The maximum Gasteiger partial charge on any atom is 0.265 e. The number of carbonyl (C=O) groups is 1. The predicted molar refractivity (Wildman–Crippen MR) is 80.7 cm³/mol. The highest BCUT2D eigenvalue weighted by Crippen LogP contribution is 2.33. The van der Waals surface area contributed by atoms with Crippen molar-refractivity contribution in [2.75, 3.05) is 13.2 Å². The van der Waals surface area contributed by atoms with E-state index >= 15 is 0 Å². The molecule has 5 nitrogen and oxygen atoms in total. The Morgan fingerprint density at radius 2 is 2.10 bits per heavy atom. The largest absolute Gasteiger partial charge is 0.482 e. The van der Waals surface area contributed by atoms with Gasteiger partial charge >= 0.3 is 0 Å². The van der Waals surface area contributed by atoms with Crippen molar-refractivity contribution in [3.05, 3.63) is 22.2 Å². The van der Waals surface area contributed by atoms with Crippen molar-refractivity contribution in [2.45, 2.75) is 25.2 Å². The molecule has 0 aliphatic heterocycles. The van der Waals surface area contributed by atoms with E-state index in [2.05, 4.69) is 21.2 Å². The van der Waals surface area contributed by atoms with Crippen LogP contribution in [0, 0.1) is 6.92 Å². The highest BCUT2D eigenvalue weighted by molar-refractivity contribution is 9.10. The highest BCUT2D eigenvalue weighted by Gasteiger charge is 2.20.